The van der Waals surface area contributed by atoms with Gasteiger partial charge >= 0.3 is 6.03 Å². The topological polar surface area (TPSA) is 87.7 Å². The lowest BCUT2D eigenvalue weighted by Crippen LogP contribution is -2.44. The number of amides is 4. The van der Waals surface area contributed by atoms with Gasteiger partial charge < -0.3 is 15.4 Å². The lowest BCUT2D eigenvalue weighted by atomic mass is 9.92. The fourth-order valence-electron chi connectivity index (χ4n) is 3.68. The Kier molecular flexibility index (Phi) is 4.50. The molecule has 1 fully saturated rings. The number of carbonyl (C=O) groups excluding carboxylic acids is 3. The van der Waals surface area contributed by atoms with Crippen molar-refractivity contribution in [2.45, 2.75) is 24.9 Å². The summed E-state index contributed by atoms with van der Waals surface area (Å²) >= 11 is 0. The Morgan fingerprint density at radius 2 is 1.89 bits per heavy atom. The number of fused-ring (bicyclic) bond motifs is 1. The summed E-state index contributed by atoms with van der Waals surface area (Å²) in [5.74, 6) is -0.0839. The van der Waals surface area contributed by atoms with Gasteiger partial charge in [0.1, 0.15) is 17.8 Å². The van der Waals surface area contributed by atoms with E-state index in [0.717, 1.165) is 16.2 Å². The Morgan fingerprint density at radius 3 is 2.68 bits per heavy atom. The lowest BCUT2D eigenvalue weighted by molar-refractivity contribution is -0.135. The maximum atomic E-state index is 12.9. The average Bonchev–Trinajstić information content (AvgIpc) is 2.93. The van der Waals surface area contributed by atoms with Crippen molar-refractivity contribution in [1.82, 2.24) is 15.5 Å². The van der Waals surface area contributed by atoms with E-state index in [0.29, 0.717) is 18.6 Å². The summed E-state index contributed by atoms with van der Waals surface area (Å²) < 4.78 is 5.60. The van der Waals surface area contributed by atoms with Crippen molar-refractivity contribution in [3.05, 3.63) is 65.7 Å². The molecule has 7 heteroatoms. The Hall–Kier alpha value is -3.35. The molecule has 0 spiro atoms. The summed E-state index contributed by atoms with van der Waals surface area (Å²) in [6.07, 6.45) is 0.630. The number of hydrogen-bond acceptors (Lipinski definition) is 4. The third kappa shape index (κ3) is 3.09. The quantitative estimate of drug-likeness (QED) is 0.797. The zero-order valence-electron chi connectivity index (χ0n) is 15.5. The van der Waals surface area contributed by atoms with E-state index in [-0.39, 0.29) is 18.5 Å². The van der Waals surface area contributed by atoms with E-state index in [1.807, 2.05) is 30.3 Å². The molecule has 0 aromatic heterocycles. The Morgan fingerprint density at radius 1 is 1.18 bits per heavy atom. The summed E-state index contributed by atoms with van der Waals surface area (Å²) in [5, 5.41) is 5.63. The summed E-state index contributed by atoms with van der Waals surface area (Å²) in [7, 11) is 0. The lowest BCUT2D eigenvalue weighted by Gasteiger charge is -2.27. The van der Waals surface area contributed by atoms with Crippen molar-refractivity contribution in [3.63, 3.8) is 0 Å². The number of imide groups is 1. The zero-order chi connectivity index (χ0) is 19.7. The number of ether oxygens (including phenoxy) is 1. The van der Waals surface area contributed by atoms with Crippen molar-refractivity contribution >= 4 is 17.8 Å². The van der Waals surface area contributed by atoms with E-state index in [1.54, 1.807) is 31.2 Å². The number of benzene rings is 2. The zero-order valence-corrected chi connectivity index (χ0v) is 15.5. The van der Waals surface area contributed by atoms with Crippen LogP contribution >= 0.6 is 0 Å². The number of nitrogens with zero attached hydrogens (tertiary/aromatic N) is 1. The normalized spacial score (nSPS) is 23.6. The second-order valence-corrected chi connectivity index (χ2v) is 7.11. The largest absolute Gasteiger partial charge is 0.493 e. The number of hydrogen-bond donors (Lipinski definition) is 2. The first kappa shape index (κ1) is 18.0. The van der Waals surface area contributed by atoms with E-state index < -0.39 is 17.5 Å². The van der Waals surface area contributed by atoms with Gasteiger partial charge in [-0.2, -0.15) is 0 Å². The molecular formula is C21H21N3O4. The van der Waals surface area contributed by atoms with Crippen LogP contribution in [0.3, 0.4) is 0 Å². The molecule has 2 aliphatic rings. The number of rotatable bonds is 4. The first-order valence-corrected chi connectivity index (χ1v) is 9.20. The standard InChI is InChI=1S/C21H21N3O4/c1-21(14-7-3-2-4-8-14)19(26)24(20(27)23-21)13-18(25)22-16-11-12-28-17-10-6-5-9-15(16)17/h2-10,16H,11-13H2,1H3,(H,22,25)(H,23,27)/t16-,21-/m0/s1. The number of para-hydroxylation sites is 1. The molecule has 2 atom stereocenters. The second-order valence-electron chi connectivity index (χ2n) is 7.11. The van der Waals surface area contributed by atoms with Crippen LogP contribution in [0.1, 0.15) is 30.5 Å². The van der Waals surface area contributed by atoms with Crippen molar-refractivity contribution in [1.29, 1.82) is 0 Å². The molecular weight excluding hydrogens is 358 g/mol. The molecule has 1 saturated heterocycles. The van der Waals surface area contributed by atoms with Crippen molar-refractivity contribution in [3.8, 4) is 5.75 Å². The molecule has 144 valence electrons. The van der Waals surface area contributed by atoms with Gasteiger partial charge in [-0.1, -0.05) is 48.5 Å². The van der Waals surface area contributed by atoms with Crippen LogP contribution in [0.5, 0.6) is 5.75 Å². The van der Waals surface area contributed by atoms with Crippen LogP contribution in [-0.2, 0) is 15.1 Å². The highest BCUT2D eigenvalue weighted by Gasteiger charge is 2.49. The van der Waals surface area contributed by atoms with Crippen LogP contribution in [0, 0.1) is 0 Å². The molecule has 0 saturated carbocycles. The van der Waals surface area contributed by atoms with Crippen LogP contribution in [0.25, 0.3) is 0 Å². The smallest absolute Gasteiger partial charge is 0.325 e. The molecule has 0 unspecified atom stereocenters. The van der Waals surface area contributed by atoms with E-state index in [4.69, 9.17) is 4.74 Å². The van der Waals surface area contributed by atoms with Gasteiger partial charge in [-0.25, -0.2) is 4.79 Å². The van der Waals surface area contributed by atoms with E-state index in [2.05, 4.69) is 10.6 Å². The molecule has 4 rings (SSSR count). The minimum absolute atomic E-state index is 0.210. The first-order chi connectivity index (χ1) is 13.5. The average molecular weight is 379 g/mol. The van der Waals surface area contributed by atoms with Crippen LogP contribution in [0.15, 0.2) is 54.6 Å². The summed E-state index contributed by atoms with van der Waals surface area (Å²) in [6.45, 7) is 1.82. The van der Waals surface area contributed by atoms with Crippen LogP contribution in [0.2, 0.25) is 0 Å². The molecule has 0 radical (unpaired) electrons. The van der Waals surface area contributed by atoms with Gasteiger partial charge in [0.2, 0.25) is 5.91 Å². The summed E-state index contributed by atoms with van der Waals surface area (Å²) in [6, 6.07) is 15.7. The SMILES string of the molecule is C[C@@]1(c2ccccc2)NC(=O)N(CC(=O)N[C@H]2CCOc3ccccc32)C1=O. The summed E-state index contributed by atoms with van der Waals surface area (Å²) in [5.41, 5.74) is 0.396. The van der Waals surface area contributed by atoms with Gasteiger partial charge in [-0.3, -0.25) is 14.5 Å². The highest BCUT2D eigenvalue weighted by Crippen LogP contribution is 2.32. The van der Waals surface area contributed by atoms with Gasteiger partial charge in [0.05, 0.1) is 12.6 Å². The van der Waals surface area contributed by atoms with Crippen LogP contribution < -0.4 is 15.4 Å². The molecule has 0 aliphatic carbocycles. The Labute approximate surface area is 162 Å². The van der Waals surface area contributed by atoms with Gasteiger partial charge in [0.15, 0.2) is 0 Å². The van der Waals surface area contributed by atoms with Crippen LogP contribution in [-0.4, -0.2) is 35.9 Å². The Balaban J connectivity index is 1.47. The number of carbonyl (C=O) groups is 3. The van der Waals surface area contributed by atoms with E-state index >= 15 is 0 Å². The predicted octanol–water partition coefficient (Wildman–Crippen LogP) is 2.09. The van der Waals surface area contributed by atoms with Crippen molar-refractivity contribution in [2.75, 3.05) is 13.2 Å². The maximum absolute atomic E-state index is 12.9. The first-order valence-electron chi connectivity index (χ1n) is 9.20. The minimum Gasteiger partial charge on any atom is -0.493 e. The number of urea groups is 1. The van der Waals surface area contributed by atoms with Gasteiger partial charge in [0.25, 0.3) is 5.91 Å². The maximum Gasteiger partial charge on any atom is 0.325 e. The molecule has 2 heterocycles. The van der Waals surface area contributed by atoms with Gasteiger partial charge in [-0.05, 0) is 18.6 Å². The van der Waals surface area contributed by atoms with E-state index in [1.165, 1.54) is 0 Å². The highest BCUT2D eigenvalue weighted by molar-refractivity contribution is 6.09. The predicted molar refractivity (Wildman–Crippen MR) is 101 cm³/mol. The molecule has 28 heavy (non-hydrogen) atoms. The fraction of sp³-hybridized carbons (Fsp3) is 0.286. The minimum atomic E-state index is -1.18. The molecule has 2 aromatic rings. The fourth-order valence-corrected chi connectivity index (χ4v) is 3.68. The Bertz CT molecular complexity index is 930. The third-order valence-electron chi connectivity index (χ3n) is 5.22. The molecule has 7 nitrogen and oxygen atoms in total. The third-order valence-corrected chi connectivity index (χ3v) is 5.22. The van der Waals surface area contributed by atoms with Crippen molar-refractivity contribution in [2.24, 2.45) is 0 Å². The molecule has 4 amide bonds. The molecule has 0 bridgehead atoms. The summed E-state index contributed by atoms with van der Waals surface area (Å²) in [4.78, 5) is 38.9. The molecule has 2 aliphatic heterocycles. The van der Waals surface area contributed by atoms with Gasteiger partial charge in [-0.15, -0.1) is 0 Å². The molecule has 2 aromatic carbocycles. The van der Waals surface area contributed by atoms with Gasteiger partial charge in [0, 0.05) is 12.0 Å². The number of nitrogens with one attached hydrogen (secondary N) is 2. The van der Waals surface area contributed by atoms with E-state index in [9.17, 15) is 14.4 Å². The molecule has 2 N–H and O–H groups in total. The second kappa shape index (κ2) is 6.99. The van der Waals surface area contributed by atoms with Crippen molar-refractivity contribution < 1.29 is 19.1 Å². The highest BCUT2D eigenvalue weighted by atomic mass is 16.5. The van der Waals surface area contributed by atoms with Crippen LogP contribution in [0.4, 0.5) is 4.79 Å². The monoisotopic (exact) mass is 379 g/mol.